The first-order chi connectivity index (χ1) is 14.6. The summed E-state index contributed by atoms with van der Waals surface area (Å²) in [6, 6.07) is 7.77. The van der Waals surface area contributed by atoms with Crippen LogP contribution in [0.4, 0.5) is 5.82 Å². The van der Waals surface area contributed by atoms with Gasteiger partial charge in [0.15, 0.2) is 11.5 Å². The van der Waals surface area contributed by atoms with Gasteiger partial charge in [-0.05, 0) is 50.0 Å². The van der Waals surface area contributed by atoms with Gasteiger partial charge in [-0.25, -0.2) is 0 Å². The zero-order valence-electron chi connectivity index (χ0n) is 18.1. The Labute approximate surface area is 178 Å². The molecule has 1 aromatic heterocycles. The maximum Gasteiger partial charge on any atom is 0.319 e. The lowest BCUT2D eigenvalue weighted by Gasteiger charge is -2.35. The molecule has 0 bridgehead atoms. The molecule has 0 unspecified atom stereocenters. The van der Waals surface area contributed by atoms with Crippen molar-refractivity contribution in [2.24, 2.45) is 0 Å². The third-order valence-corrected chi connectivity index (χ3v) is 5.27. The fraction of sp³-hybridized carbons (Fsp3) is 0.545. The maximum absolute atomic E-state index is 9.99. The predicted molar refractivity (Wildman–Crippen MR) is 116 cm³/mol. The van der Waals surface area contributed by atoms with E-state index in [9.17, 15) is 5.11 Å². The molecule has 2 aromatic rings. The van der Waals surface area contributed by atoms with Crippen LogP contribution >= 0.6 is 0 Å². The van der Waals surface area contributed by atoms with Crippen LogP contribution in [0, 0.1) is 0 Å². The molecule has 164 valence electrons. The highest BCUT2D eigenvalue weighted by Crippen LogP contribution is 2.31. The quantitative estimate of drug-likeness (QED) is 0.571. The summed E-state index contributed by atoms with van der Waals surface area (Å²) in [5.41, 5.74) is 1.08. The molecule has 0 atom stereocenters. The zero-order valence-corrected chi connectivity index (χ0v) is 18.1. The van der Waals surface area contributed by atoms with Crippen LogP contribution in [0.2, 0.25) is 0 Å². The van der Waals surface area contributed by atoms with Gasteiger partial charge in [-0.3, -0.25) is 0 Å². The Kier molecular flexibility index (Phi) is 7.96. The third kappa shape index (κ3) is 5.66. The first-order valence-corrected chi connectivity index (χ1v) is 10.5. The minimum Gasteiger partial charge on any atom is -0.493 e. The molecule has 2 heterocycles. The number of methoxy groups -OCH3 is 2. The fourth-order valence-corrected chi connectivity index (χ4v) is 3.62. The number of nitrogens with zero attached hydrogens (tertiary/aromatic N) is 3. The number of aromatic nitrogens is 2. The van der Waals surface area contributed by atoms with Crippen molar-refractivity contribution in [1.29, 1.82) is 0 Å². The van der Waals surface area contributed by atoms with E-state index in [1.807, 2.05) is 18.2 Å². The molecule has 8 heteroatoms. The molecule has 0 aliphatic carbocycles. The molecule has 3 rings (SSSR count). The zero-order chi connectivity index (χ0) is 21.3. The average Bonchev–Trinajstić information content (AvgIpc) is 2.78. The monoisotopic (exact) mass is 416 g/mol. The summed E-state index contributed by atoms with van der Waals surface area (Å²) in [5, 5.41) is 13.4. The molecule has 1 saturated heterocycles. The third-order valence-electron chi connectivity index (χ3n) is 5.27. The molecule has 1 aliphatic rings. The van der Waals surface area contributed by atoms with Gasteiger partial charge >= 0.3 is 6.01 Å². The van der Waals surface area contributed by atoms with Gasteiger partial charge in [0.25, 0.3) is 0 Å². The van der Waals surface area contributed by atoms with Crippen LogP contribution in [0.3, 0.4) is 0 Å². The summed E-state index contributed by atoms with van der Waals surface area (Å²) in [7, 11) is 3.18. The van der Waals surface area contributed by atoms with Gasteiger partial charge in [-0.2, -0.15) is 9.97 Å². The van der Waals surface area contributed by atoms with Crippen molar-refractivity contribution in [3.63, 3.8) is 0 Å². The number of rotatable bonds is 10. The Morgan fingerprint density at radius 3 is 2.60 bits per heavy atom. The highest BCUT2D eigenvalue weighted by Gasteiger charge is 2.24. The molecule has 0 spiro atoms. The van der Waals surface area contributed by atoms with E-state index in [1.165, 1.54) is 7.11 Å². The summed E-state index contributed by atoms with van der Waals surface area (Å²) in [6.45, 7) is 5.32. The van der Waals surface area contributed by atoms with Gasteiger partial charge in [-0.15, -0.1) is 0 Å². The Bertz CT molecular complexity index is 812. The van der Waals surface area contributed by atoms with Gasteiger partial charge in [0.2, 0.25) is 5.88 Å². The van der Waals surface area contributed by atoms with E-state index in [2.05, 4.69) is 27.1 Å². The molecule has 0 amide bonds. The number of nitrogens with one attached hydrogen (secondary N) is 1. The molecule has 8 nitrogen and oxygen atoms in total. The number of unbranched alkanes of at least 4 members (excludes halogenated alkanes) is 1. The predicted octanol–water partition coefficient (Wildman–Crippen LogP) is 3.14. The minimum absolute atomic E-state index is 0.289. The van der Waals surface area contributed by atoms with Gasteiger partial charge in [0.1, 0.15) is 5.82 Å². The first-order valence-electron chi connectivity index (χ1n) is 10.5. The van der Waals surface area contributed by atoms with Crippen LogP contribution in [0.1, 0.15) is 38.2 Å². The highest BCUT2D eigenvalue weighted by molar-refractivity contribution is 5.48. The van der Waals surface area contributed by atoms with Crippen molar-refractivity contribution in [1.82, 2.24) is 15.3 Å². The lowest BCUT2D eigenvalue weighted by molar-refractivity contribution is 0.288. The molecule has 0 saturated carbocycles. The molecular weight excluding hydrogens is 384 g/mol. The fourth-order valence-electron chi connectivity index (χ4n) is 3.62. The summed E-state index contributed by atoms with van der Waals surface area (Å²) in [6.07, 6.45) is 4.05. The van der Waals surface area contributed by atoms with Crippen molar-refractivity contribution in [3.8, 4) is 23.4 Å². The van der Waals surface area contributed by atoms with E-state index in [-0.39, 0.29) is 12.1 Å². The van der Waals surface area contributed by atoms with Crippen molar-refractivity contribution in [2.75, 3.05) is 38.8 Å². The second kappa shape index (κ2) is 10.9. The summed E-state index contributed by atoms with van der Waals surface area (Å²) in [4.78, 5) is 10.4. The topological polar surface area (TPSA) is 89.0 Å². The van der Waals surface area contributed by atoms with Gasteiger partial charge in [-0.1, -0.05) is 19.4 Å². The van der Waals surface area contributed by atoms with Crippen molar-refractivity contribution in [2.45, 2.75) is 45.2 Å². The normalized spacial score (nSPS) is 14.4. The van der Waals surface area contributed by atoms with Crippen molar-refractivity contribution >= 4 is 5.82 Å². The van der Waals surface area contributed by atoms with E-state index < -0.39 is 0 Å². The molecule has 0 radical (unpaired) electrons. The maximum atomic E-state index is 9.99. The van der Waals surface area contributed by atoms with Crippen LogP contribution < -0.4 is 24.4 Å². The number of ether oxygens (including phenoxy) is 3. The van der Waals surface area contributed by atoms with Gasteiger partial charge in [0.05, 0.1) is 20.8 Å². The Hall–Kier alpha value is -2.74. The molecule has 30 heavy (non-hydrogen) atoms. The largest absolute Gasteiger partial charge is 0.493 e. The smallest absolute Gasteiger partial charge is 0.319 e. The van der Waals surface area contributed by atoms with E-state index in [4.69, 9.17) is 14.2 Å². The van der Waals surface area contributed by atoms with E-state index in [0.29, 0.717) is 24.8 Å². The number of hydrogen-bond acceptors (Lipinski definition) is 8. The van der Waals surface area contributed by atoms with E-state index in [1.54, 1.807) is 13.2 Å². The average molecular weight is 417 g/mol. The molecule has 1 fully saturated rings. The first kappa shape index (κ1) is 22.0. The van der Waals surface area contributed by atoms with Crippen LogP contribution in [0.25, 0.3) is 0 Å². The standard InChI is InChI=1S/C22H32N4O4/c1-4-5-12-30-19-13-16(6-7-18(19)28-2)15-26(17-8-10-23-11-9-17)20-14-21(29-3)25-22(27)24-20/h6-7,13-14,17,23H,4-5,8-12,15H2,1-3H3,(H,24,25,27). The second-order valence-corrected chi connectivity index (χ2v) is 7.36. The number of piperidine rings is 1. The van der Waals surface area contributed by atoms with Crippen molar-refractivity contribution in [3.05, 3.63) is 29.8 Å². The Balaban J connectivity index is 1.89. The van der Waals surface area contributed by atoms with Crippen LogP contribution in [0.5, 0.6) is 23.4 Å². The molecule has 1 aromatic carbocycles. The van der Waals surface area contributed by atoms with Crippen molar-refractivity contribution < 1.29 is 19.3 Å². The lowest BCUT2D eigenvalue weighted by Crippen LogP contribution is -2.43. The van der Waals surface area contributed by atoms with Gasteiger partial charge < -0.3 is 29.5 Å². The lowest BCUT2D eigenvalue weighted by atomic mass is 10.0. The molecular formula is C22H32N4O4. The minimum atomic E-state index is -0.290. The van der Waals surface area contributed by atoms with Crippen LogP contribution in [-0.4, -0.2) is 55.0 Å². The summed E-state index contributed by atoms with van der Waals surface area (Å²) < 4.78 is 16.7. The number of aromatic hydroxyl groups is 1. The number of hydrogen-bond donors (Lipinski definition) is 2. The Morgan fingerprint density at radius 1 is 1.10 bits per heavy atom. The summed E-state index contributed by atoms with van der Waals surface area (Å²) in [5.74, 6) is 2.46. The van der Waals surface area contributed by atoms with E-state index >= 15 is 0 Å². The Morgan fingerprint density at radius 2 is 1.90 bits per heavy atom. The molecule has 2 N–H and O–H groups in total. The molecule has 1 aliphatic heterocycles. The number of anilines is 1. The van der Waals surface area contributed by atoms with E-state index in [0.717, 1.165) is 55.8 Å². The SMILES string of the molecule is CCCCOc1cc(CN(c2cc(OC)nc(O)n2)C2CCNCC2)ccc1OC. The highest BCUT2D eigenvalue weighted by atomic mass is 16.5. The second-order valence-electron chi connectivity index (χ2n) is 7.36. The van der Waals surface area contributed by atoms with Gasteiger partial charge in [0, 0.05) is 18.7 Å². The van der Waals surface area contributed by atoms with Crippen LogP contribution in [0.15, 0.2) is 24.3 Å². The van der Waals surface area contributed by atoms with Crippen LogP contribution in [-0.2, 0) is 6.54 Å². The number of benzene rings is 1. The summed E-state index contributed by atoms with van der Waals surface area (Å²) >= 11 is 0.